The van der Waals surface area contributed by atoms with Crippen molar-refractivity contribution < 1.29 is 14.3 Å². The van der Waals surface area contributed by atoms with Crippen molar-refractivity contribution in [1.82, 2.24) is 14.9 Å². The normalized spacial score (nSPS) is 17.6. The van der Waals surface area contributed by atoms with E-state index in [0.29, 0.717) is 16.6 Å². The molecule has 0 spiro atoms. The number of fused-ring (bicyclic) bond motifs is 1. The van der Waals surface area contributed by atoms with Gasteiger partial charge >= 0.3 is 0 Å². The van der Waals surface area contributed by atoms with Crippen LogP contribution in [0.2, 0.25) is 0 Å². The highest BCUT2D eigenvalue weighted by Gasteiger charge is 2.37. The van der Waals surface area contributed by atoms with E-state index in [1.54, 1.807) is 20.3 Å². The van der Waals surface area contributed by atoms with E-state index in [-0.39, 0.29) is 11.9 Å². The molecular weight excluding hydrogens is 402 g/mol. The third-order valence-electron chi connectivity index (χ3n) is 4.89. The van der Waals surface area contributed by atoms with Crippen LogP contribution >= 0.6 is 11.8 Å². The largest absolute Gasteiger partial charge is 0.497 e. The molecule has 0 saturated heterocycles. The summed E-state index contributed by atoms with van der Waals surface area (Å²) in [5.74, 6) is 2.14. The van der Waals surface area contributed by atoms with Crippen LogP contribution in [-0.4, -0.2) is 40.3 Å². The molecule has 1 amide bonds. The maximum atomic E-state index is 13.3. The number of anilines is 1. The molecule has 3 aromatic rings. The second-order valence-electron chi connectivity index (χ2n) is 6.73. The zero-order valence-electron chi connectivity index (χ0n) is 17.0. The van der Waals surface area contributed by atoms with Crippen molar-refractivity contribution in [3.63, 3.8) is 0 Å². The summed E-state index contributed by atoms with van der Waals surface area (Å²) < 4.78 is 12.4. The van der Waals surface area contributed by atoms with E-state index in [0.717, 1.165) is 23.6 Å². The van der Waals surface area contributed by atoms with Crippen molar-refractivity contribution >= 4 is 23.4 Å². The van der Waals surface area contributed by atoms with Crippen LogP contribution in [-0.2, 0) is 11.2 Å². The van der Waals surface area contributed by atoms with Gasteiger partial charge in [0, 0.05) is 18.2 Å². The number of nitrogens with one attached hydrogen (secondary N) is 2. The third kappa shape index (κ3) is 3.93. The van der Waals surface area contributed by atoms with Gasteiger partial charge in [-0.1, -0.05) is 36.9 Å². The second-order valence-corrected chi connectivity index (χ2v) is 7.84. The standard InChI is InChI=1S/C21H23N5O3S/c1-4-17-23-24-21-26(17)25-18(13-8-10-15(28-2)11-9-13)19(30-21)20(27)22-14-6-5-7-16(12-14)29-3/h5-12,18-19,25H,4H2,1-3H3,(H,22,27)/t18-,19-/m0/s1. The summed E-state index contributed by atoms with van der Waals surface area (Å²) >= 11 is 1.40. The number of thioether (sulfide) groups is 1. The topological polar surface area (TPSA) is 90.3 Å². The molecule has 0 unspecified atom stereocenters. The van der Waals surface area contributed by atoms with Gasteiger partial charge in [-0.05, 0) is 29.8 Å². The number of benzene rings is 2. The SMILES string of the molecule is CCc1nnc2n1N[C@@H](c1ccc(OC)cc1)[C@@H](C(=O)Nc1cccc(OC)c1)S2. The molecule has 2 atom stereocenters. The minimum Gasteiger partial charge on any atom is -0.497 e. The van der Waals surface area contributed by atoms with Crippen molar-refractivity contribution in [3.05, 3.63) is 59.9 Å². The predicted octanol–water partition coefficient (Wildman–Crippen LogP) is 3.26. The number of methoxy groups -OCH3 is 2. The molecule has 0 bridgehead atoms. The fourth-order valence-corrected chi connectivity index (χ4v) is 4.40. The number of aryl methyl sites for hydroxylation is 1. The number of ether oxygens (including phenoxy) is 2. The number of hydrogen-bond donors (Lipinski definition) is 2. The van der Waals surface area contributed by atoms with E-state index in [4.69, 9.17) is 9.47 Å². The Labute approximate surface area is 179 Å². The molecule has 2 N–H and O–H groups in total. The lowest BCUT2D eigenvalue weighted by molar-refractivity contribution is -0.116. The summed E-state index contributed by atoms with van der Waals surface area (Å²) in [6.45, 7) is 2.02. The van der Waals surface area contributed by atoms with Gasteiger partial charge in [0.05, 0.1) is 20.3 Å². The first-order valence-corrected chi connectivity index (χ1v) is 10.5. The minimum absolute atomic E-state index is 0.131. The fourth-order valence-electron chi connectivity index (χ4n) is 3.30. The highest BCUT2D eigenvalue weighted by molar-refractivity contribution is 8.00. The van der Waals surface area contributed by atoms with Crippen LogP contribution in [0.25, 0.3) is 0 Å². The highest BCUT2D eigenvalue weighted by Crippen LogP contribution is 2.38. The van der Waals surface area contributed by atoms with Gasteiger partial charge in [-0.15, -0.1) is 10.2 Å². The number of amides is 1. The lowest BCUT2D eigenvalue weighted by atomic mass is 10.0. The predicted molar refractivity (Wildman–Crippen MR) is 116 cm³/mol. The Bertz CT molecular complexity index is 1040. The first kappa shape index (κ1) is 20.1. The number of nitrogens with zero attached hydrogens (tertiary/aromatic N) is 3. The molecule has 0 radical (unpaired) electrons. The van der Waals surface area contributed by atoms with Crippen molar-refractivity contribution in [3.8, 4) is 11.5 Å². The van der Waals surface area contributed by atoms with Crippen molar-refractivity contribution in [2.75, 3.05) is 25.0 Å². The zero-order chi connectivity index (χ0) is 21.1. The van der Waals surface area contributed by atoms with Crippen molar-refractivity contribution in [2.24, 2.45) is 0 Å². The third-order valence-corrected chi connectivity index (χ3v) is 6.11. The van der Waals surface area contributed by atoms with Crippen LogP contribution in [0.1, 0.15) is 24.4 Å². The smallest absolute Gasteiger partial charge is 0.240 e. The summed E-state index contributed by atoms with van der Waals surface area (Å²) in [6.07, 6.45) is 0.733. The molecule has 156 valence electrons. The fraction of sp³-hybridized carbons (Fsp3) is 0.286. The average Bonchev–Trinajstić information content (AvgIpc) is 3.20. The van der Waals surface area contributed by atoms with Crippen LogP contribution in [0.5, 0.6) is 11.5 Å². The van der Waals surface area contributed by atoms with E-state index >= 15 is 0 Å². The second kappa shape index (κ2) is 8.66. The Morgan fingerprint density at radius 3 is 2.60 bits per heavy atom. The van der Waals surface area contributed by atoms with E-state index in [2.05, 4.69) is 20.9 Å². The maximum Gasteiger partial charge on any atom is 0.240 e. The van der Waals surface area contributed by atoms with Gasteiger partial charge in [0.15, 0.2) is 5.82 Å². The molecule has 30 heavy (non-hydrogen) atoms. The Balaban J connectivity index is 1.65. The Morgan fingerprint density at radius 2 is 1.90 bits per heavy atom. The number of hydrogen-bond acceptors (Lipinski definition) is 7. The highest BCUT2D eigenvalue weighted by atomic mass is 32.2. The summed E-state index contributed by atoms with van der Waals surface area (Å²) in [4.78, 5) is 13.3. The minimum atomic E-state index is -0.453. The van der Waals surface area contributed by atoms with E-state index < -0.39 is 5.25 Å². The van der Waals surface area contributed by atoms with Crippen LogP contribution in [0, 0.1) is 0 Å². The summed E-state index contributed by atoms with van der Waals surface area (Å²) in [6, 6.07) is 14.7. The monoisotopic (exact) mass is 425 g/mol. The number of carbonyl (C=O) groups is 1. The van der Waals surface area contributed by atoms with E-state index in [1.807, 2.05) is 54.1 Å². The van der Waals surface area contributed by atoms with E-state index in [9.17, 15) is 4.79 Å². The number of aromatic nitrogens is 3. The Morgan fingerprint density at radius 1 is 1.13 bits per heavy atom. The van der Waals surface area contributed by atoms with Crippen LogP contribution in [0.3, 0.4) is 0 Å². The zero-order valence-corrected chi connectivity index (χ0v) is 17.8. The van der Waals surface area contributed by atoms with Gasteiger partial charge in [-0.3, -0.25) is 4.79 Å². The summed E-state index contributed by atoms with van der Waals surface area (Å²) in [5.41, 5.74) is 5.08. The van der Waals surface area contributed by atoms with Crippen LogP contribution in [0.4, 0.5) is 5.69 Å². The van der Waals surface area contributed by atoms with Gasteiger partial charge < -0.3 is 20.2 Å². The number of carbonyl (C=O) groups excluding carboxylic acids is 1. The van der Waals surface area contributed by atoms with Gasteiger partial charge in [-0.2, -0.15) is 0 Å². The summed E-state index contributed by atoms with van der Waals surface area (Å²) in [5, 5.41) is 11.7. The molecule has 1 aromatic heterocycles. The van der Waals surface area contributed by atoms with Gasteiger partial charge in [-0.25, -0.2) is 4.68 Å². The first-order chi connectivity index (χ1) is 14.6. The molecule has 8 nitrogen and oxygen atoms in total. The summed E-state index contributed by atoms with van der Waals surface area (Å²) in [7, 11) is 3.23. The Kier molecular flexibility index (Phi) is 5.80. The first-order valence-electron chi connectivity index (χ1n) is 9.59. The molecule has 0 aliphatic carbocycles. The maximum absolute atomic E-state index is 13.3. The lowest BCUT2D eigenvalue weighted by Gasteiger charge is -2.33. The number of rotatable bonds is 6. The molecule has 1 aliphatic rings. The van der Waals surface area contributed by atoms with E-state index in [1.165, 1.54) is 11.8 Å². The van der Waals surface area contributed by atoms with Crippen LogP contribution < -0.4 is 20.2 Å². The molecule has 0 saturated carbocycles. The molecular formula is C21H23N5O3S. The van der Waals surface area contributed by atoms with Crippen molar-refractivity contribution in [2.45, 2.75) is 29.8 Å². The van der Waals surface area contributed by atoms with Crippen molar-refractivity contribution in [1.29, 1.82) is 0 Å². The molecule has 2 aromatic carbocycles. The molecule has 0 fully saturated rings. The Hall–Kier alpha value is -3.20. The lowest BCUT2D eigenvalue weighted by Crippen LogP contribution is -2.41. The van der Waals surface area contributed by atoms with Crippen LogP contribution in [0.15, 0.2) is 53.7 Å². The van der Waals surface area contributed by atoms with Gasteiger partial charge in [0.1, 0.15) is 16.7 Å². The molecule has 9 heteroatoms. The van der Waals surface area contributed by atoms with Gasteiger partial charge in [0.25, 0.3) is 0 Å². The molecule has 2 heterocycles. The average molecular weight is 426 g/mol. The quantitative estimate of drug-likeness (QED) is 0.626. The van der Waals surface area contributed by atoms with Gasteiger partial charge in [0.2, 0.25) is 11.1 Å². The molecule has 1 aliphatic heterocycles. The molecule has 4 rings (SSSR count).